The highest BCUT2D eigenvalue weighted by atomic mass is 35.5. The van der Waals surface area contributed by atoms with Crippen LogP contribution in [-0.4, -0.2) is 17.0 Å². The number of hydrogen-bond donors (Lipinski definition) is 1. The van der Waals surface area contributed by atoms with Crippen molar-refractivity contribution in [3.63, 3.8) is 0 Å². The van der Waals surface area contributed by atoms with Gasteiger partial charge in [-0.2, -0.15) is 5.10 Å². The summed E-state index contributed by atoms with van der Waals surface area (Å²) >= 11 is 5.79. The Morgan fingerprint density at radius 1 is 1.39 bits per heavy atom. The Bertz CT molecular complexity index is 584. The lowest BCUT2D eigenvalue weighted by molar-refractivity contribution is 0.401. The van der Waals surface area contributed by atoms with Crippen LogP contribution >= 0.6 is 11.6 Å². The molecule has 0 radical (unpaired) electrons. The van der Waals surface area contributed by atoms with Crippen LogP contribution in [-0.2, 0) is 6.54 Å². The second-order valence-corrected chi connectivity index (χ2v) is 3.97. The number of rotatable bonds is 4. The predicted octanol–water partition coefficient (Wildman–Crippen LogP) is 1.65. The Morgan fingerprint density at radius 2 is 2.11 bits per heavy atom. The molecule has 0 unspecified atom stereocenters. The molecule has 2 rings (SSSR count). The maximum absolute atomic E-state index is 11.9. The number of halogens is 1. The second kappa shape index (κ2) is 5.55. The molecule has 0 aliphatic carbocycles. The highest BCUT2D eigenvalue weighted by molar-refractivity contribution is 6.31. The van der Waals surface area contributed by atoms with Gasteiger partial charge in [-0.15, -0.1) is 4.79 Å². The molecule has 1 heterocycles. The number of nitrogens with zero attached hydrogens (tertiary/aromatic N) is 2. The van der Waals surface area contributed by atoms with Crippen molar-refractivity contribution in [2.45, 2.75) is 6.54 Å². The topological polar surface area (TPSA) is 56.1 Å². The van der Waals surface area contributed by atoms with Gasteiger partial charge in [0.25, 0.3) is 0 Å². The lowest BCUT2D eigenvalue weighted by atomic mass is 10.2. The number of nitrogens with one attached hydrogen (secondary N) is 1. The van der Waals surface area contributed by atoms with E-state index in [1.54, 1.807) is 0 Å². The van der Waals surface area contributed by atoms with E-state index in [2.05, 4.69) is 10.5 Å². The summed E-state index contributed by atoms with van der Waals surface area (Å²) in [5.74, 6) is 0.0761. The Kier molecular flexibility index (Phi) is 3.84. The summed E-state index contributed by atoms with van der Waals surface area (Å²) in [7, 11) is 1.39. The maximum Gasteiger partial charge on any atom is 0.329 e. The standard InChI is InChI=1S/C12H12ClN3O2/c1-18-11-10(13)8-15-16(12(11)17)14-7-9-5-3-2-4-6-9/h2-6,8,14H,7H2,1H3. The fourth-order valence-corrected chi connectivity index (χ4v) is 1.68. The van der Waals surface area contributed by atoms with E-state index in [9.17, 15) is 4.79 Å². The minimum atomic E-state index is -0.416. The number of ether oxygens (including phenoxy) is 1. The molecular weight excluding hydrogens is 254 g/mol. The first kappa shape index (κ1) is 12.4. The first-order valence-electron chi connectivity index (χ1n) is 5.32. The Balaban J connectivity index is 2.18. The zero-order chi connectivity index (χ0) is 13.0. The van der Waals surface area contributed by atoms with Gasteiger partial charge in [0, 0.05) is 0 Å². The summed E-state index contributed by atoms with van der Waals surface area (Å²) in [6, 6.07) is 9.68. The third kappa shape index (κ3) is 2.62. The summed E-state index contributed by atoms with van der Waals surface area (Å²) in [4.78, 5) is 13.0. The molecule has 1 aromatic heterocycles. The minimum absolute atomic E-state index is 0.0761. The highest BCUT2D eigenvalue weighted by Gasteiger charge is 2.09. The van der Waals surface area contributed by atoms with Crippen molar-refractivity contribution in [2.75, 3.05) is 12.5 Å². The van der Waals surface area contributed by atoms with Crippen molar-refractivity contribution >= 4 is 11.6 Å². The van der Waals surface area contributed by atoms with Crippen LogP contribution in [0, 0.1) is 0 Å². The molecule has 18 heavy (non-hydrogen) atoms. The van der Waals surface area contributed by atoms with Crippen molar-refractivity contribution in [2.24, 2.45) is 0 Å². The van der Waals surface area contributed by atoms with Crippen LogP contribution in [0.2, 0.25) is 5.02 Å². The van der Waals surface area contributed by atoms with Crippen LogP contribution in [0.5, 0.6) is 5.75 Å². The predicted molar refractivity (Wildman–Crippen MR) is 69.6 cm³/mol. The van der Waals surface area contributed by atoms with Crippen molar-refractivity contribution in [1.82, 2.24) is 9.89 Å². The average Bonchev–Trinajstić information content (AvgIpc) is 2.40. The van der Waals surface area contributed by atoms with E-state index in [4.69, 9.17) is 16.3 Å². The van der Waals surface area contributed by atoms with Crippen LogP contribution in [0.1, 0.15) is 5.56 Å². The third-order valence-electron chi connectivity index (χ3n) is 2.37. The van der Waals surface area contributed by atoms with Gasteiger partial charge in [0.05, 0.1) is 19.9 Å². The lowest BCUT2D eigenvalue weighted by Gasteiger charge is -2.09. The van der Waals surface area contributed by atoms with E-state index < -0.39 is 5.56 Å². The van der Waals surface area contributed by atoms with Crippen molar-refractivity contribution < 1.29 is 4.74 Å². The molecule has 0 atom stereocenters. The molecule has 2 aromatic rings. The largest absolute Gasteiger partial charge is 0.490 e. The molecule has 5 nitrogen and oxygen atoms in total. The molecule has 6 heteroatoms. The molecule has 0 aliphatic heterocycles. The molecule has 0 aliphatic rings. The molecule has 0 fully saturated rings. The van der Waals surface area contributed by atoms with Gasteiger partial charge in [-0.1, -0.05) is 41.9 Å². The Labute approximate surface area is 109 Å². The molecule has 0 saturated carbocycles. The number of benzene rings is 1. The molecule has 0 bridgehead atoms. The normalized spacial score (nSPS) is 10.1. The van der Waals surface area contributed by atoms with E-state index in [-0.39, 0.29) is 10.8 Å². The zero-order valence-corrected chi connectivity index (χ0v) is 10.5. The molecule has 94 valence electrons. The number of hydrogen-bond acceptors (Lipinski definition) is 4. The molecule has 0 amide bonds. The first-order chi connectivity index (χ1) is 8.72. The summed E-state index contributed by atoms with van der Waals surface area (Å²) in [5, 5.41) is 4.08. The van der Waals surface area contributed by atoms with Gasteiger partial charge in [0.15, 0.2) is 0 Å². The molecule has 1 aromatic carbocycles. The van der Waals surface area contributed by atoms with E-state index >= 15 is 0 Å². The van der Waals surface area contributed by atoms with Gasteiger partial charge in [-0.3, -0.25) is 4.79 Å². The molecule has 1 N–H and O–H groups in total. The number of aromatic nitrogens is 2. The van der Waals surface area contributed by atoms with E-state index in [1.807, 2.05) is 30.3 Å². The zero-order valence-electron chi connectivity index (χ0n) is 9.76. The maximum atomic E-state index is 11.9. The first-order valence-corrected chi connectivity index (χ1v) is 5.70. The second-order valence-electron chi connectivity index (χ2n) is 3.56. The fraction of sp³-hybridized carbons (Fsp3) is 0.167. The summed E-state index contributed by atoms with van der Waals surface area (Å²) in [5.41, 5.74) is 3.51. The van der Waals surface area contributed by atoms with Gasteiger partial charge in [-0.05, 0) is 5.56 Å². The van der Waals surface area contributed by atoms with Gasteiger partial charge in [0.1, 0.15) is 5.02 Å². The fourth-order valence-electron chi connectivity index (χ4n) is 1.48. The average molecular weight is 266 g/mol. The van der Waals surface area contributed by atoms with Gasteiger partial charge < -0.3 is 10.2 Å². The summed E-state index contributed by atoms with van der Waals surface area (Å²) in [6.45, 7) is 0.485. The quantitative estimate of drug-likeness (QED) is 0.913. The van der Waals surface area contributed by atoms with Gasteiger partial charge in [-0.25, -0.2) is 0 Å². The summed E-state index contributed by atoms with van der Waals surface area (Å²) < 4.78 is 4.92. The highest BCUT2D eigenvalue weighted by Crippen LogP contribution is 2.16. The monoisotopic (exact) mass is 265 g/mol. The van der Waals surface area contributed by atoms with E-state index in [0.717, 1.165) is 10.4 Å². The summed E-state index contributed by atoms with van der Waals surface area (Å²) in [6.07, 6.45) is 1.36. The molecular formula is C12H12ClN3O2. The third-order valence-corrected chi connectivity index (χ3v) is 2.64. The SMILES string of the molecule is COc1c(Cl)cnn(NCc2ccccc2)c1=O. The Morgan fingerprint density at radius 3 is 2.78 bits per heavy atom. The van der Waals surface area contributed by atoms with E-state index in [1.165, 1.54) is 13.3 Å². The van der Waals surface area contributed by atoms with Gasteiger partial charge >= 0.3 is 5.56 Å². The van der Waals surface area contributed by atoms with Crippen LogP contribution in [0.3, 0.4) is 0 Å². The molecule has 0 saturated heterocycles. The van der Waals surface area contributed by atoms with Gasteiger partial charge in [0.2, 0.25) is 5.75 Å². The lowest BCUT2D eigenvalue weighted by Crippen LogP contribution is -2.31. The molecule has 0 spiro atoms. The van der Waals surface area contributed by atoms with Crippen molar-refractivity contribution in [3.05, 3.63) is 57.5 Å². The van der Waals surface area contributed by atoms with Crippen molar-refractivity contribution in [1.29, 1.82) is 0 Å². The number of methoxy groups -OCH3 is 1. The van der Waals surface area contributed by atoms with Crippen LogP contribution in [0.15, 0.2) is 41.3 Å². The smallest absolute Gasteiger partial charge is 0.329 e. The van der Waals surface area contributed by atoms with Crippen LogP contribution < -0.4 is 15.7 Å². The van der Waals surface area contributed by atoms with Crippen LogP contribution in [0.4, 0.5) is 0 Å². The van der Waals surface area contributed by atoms with Crippen LogP contribution in [0.25, 0.3) is 0 Å². The van der Waals surface area contributed by atoms with Crippen molar-refractivity contribution in [3.8, 4) is 5.75 Å². The van der Waals surface area contributed by atoms with E-state index in [0.29, 0.717) is 6.54 Å². The minimum Gasteiger partial charge on any atom is -0.490 e. The Hall–Kier alpha value is -2.01.